The Morgan fingerprint density at radius 1 is 1.06 bits per heavy atom. The van der Waals surface area contributed by atoms with Crippen LogP contribution in [0, 0.1) is 5.92 Å². The fourth-order valence-corrected chi connectivity index (χ4v) is 6.13. The van der Waals surface area contributed by atoms with Crippen LogP contribution in [0.3, 0.4) is 0 Å². The fraction of sp³-hybridized carbons (Fsp3) is 0.480. The number of ether oxygens (including phenoxy) is 1. The van der Waals surface area contributed by atoms with Gasteiger partial charge in [-0.2, -0.15) is 4.31 Å². The predicted molar refractivity (Wildman–Crippen MR) is 127 cm³/mol. The number of piperidine rings is 1. The lowest BCUT2D eigenvalue weighted by atomic mass is 9.98. The molecule has 2 aromatic rings. The molecule has 2 unspecified atom stereocenters. The number of hydrogen-bond acceptors (Lipinski definition) is 5. The quantitative estimate of drug-likeness (QED) is 0.672. The first-order chi connectivity index (χ1) is 15.9. The van der Waals surface area contributed by atoms with Crippen molar-refractivity contribution in [3.05, 3.63) is 65.7 Å². The maximum atomic E-state index is 12.9. The molecule has 178 valence electrons. The van der Waals surface area contributed by atoms with E-state index in [1.165, 1.54) is 9.87 Å². The summed E-state index contributed by atoms with van der Waals surface area (Å²) in [7, 11) is -3.58. The highest BCUT2D eigenvalue weighted by Gasteiger charge is 2.33. The molecule has 2 aliphatic rings. The third-order valence-corrected chi connectivity index (χ3v) is 8.20. The minimum Gasteiger partial charge on any atom is -0.376 e. The van der Waals surface area contributed by atoms with Crippen LogP contribution in [-0.4, -0.2) is 62.4 Å². The molecule has 2 aromatic carbocycles. The Hall–Kier alpha value is -2.26. The van der Waals surface area contributed by atoms with Gasteiger partial charge in [0.1, 0.15) is 0 Å². The predicted octanol–water partition coefficient (Wildman–Crippen LogP) is 2.62. The van der Waals surface area contributed by atoms with Gasteiger partial charge in [0.25, 0.3) is 0 Å². The molecule has 0 radical (unpaired) electrons. The summed E-state index contributed by atoms with van der Waals surface area (Å²) in [6.07, 6.45) is 1.63. The molecule has 0 saturated carbocycles. The number of rotatable bonds is 7. The van der Waals surface area contributed by atoms with Gasteiger partial charge < -0.3 is 10.1 Å². The molecule has 33 heavy (non-hydrogen) atoms. The molecule has 2 atom stereocenters. The van der Waals surface area contributed by atoms with E-state index in [1.807, 2.05) is 12.1 Å². The van der Waals surface area contributed by atoms with Gasteiger partial charge in [-0.3, -0.25) is 9.69 Å². The third-order valence-electron chi connectivity index (χ3n) is 6.33. The van der Waals surface area contributed by atoms with Crippen molar-refractivity contribution in [3.63, 3.8) is 0 Å². The summed E-state index contributed by atoms with van der Waals surface area (Å²) >= 11 is 0. The summed E-state index contributed by atoms with van der Waals surface area (Å²) in [6, 6.07) is 16.7. The molecule has 0 aromatic heterocycles. The van der Waals surface area contributed by atoms with Crippen LogP contribution in [0.25, 0.3) is 0 Å². The van der Waals surface area contributed by atoms with Crippen molar-refractivity contribution in [1.82, 2.24) is 14.5 Å². The minimum absolute atomic E-state index is 0.0876. The lowest BCUT2D eigenvalue weighted by Crippen LogP contribution is -2.45. The number of hydrogen-bond donors (Lipinski definition) is 1. The number of carbonyl (C=O) groups is 1. The lowest BCUT2D eigenvalue weighted by molar-refractivity contribution is -0.126. The molecule has 7 nitrogen and oxygen atoms in total. The zero-order valence-electron chi connectivity index (χ0n) is 19.2. The molecule has 4 rings (SSSR count). The number of amides is 1. The zero-order valence-corrected chi connectivity index (χ0v) is 20.0. The largest absolute Gasteiger partial charge is 0.376 e. The summed E-state index contributed by atoms with van der Waals surface area (Å²) in [6.45, 7) is 6.67. The number of morpholine rings is 1. The van der Waals surface area contributed by atoms with Gasteiger partial charge in [0.2, 0.25) is 15.9 Å². The molecule has 1 N–H and O–H groups in total. The molecule has 0 spiro atoms. The summed E-state index contributed by atoms with van der Waals surface area (Å²) in [5.41, 5.74) is 2.26. The van der Waals surface area contributed by atoms with E-state index in [9.17, 15) is 13.2 Å². The van der Waals surface area contributed by atoms with Crippen LogP contribution in [0.4, 0.5) is 0 Å². The average Bonchev–Trinajstić information content (AvgIpc) is 2.83. The van der Waals surface area contributed by atoms with E-state index in [0.717, 1.165) is 31.8 Å². The zero-order chi connectivity index (χ0) is 23.3. The van der Waals surface area contributed by atoms with E-state index in [-0.39, 0.29) is 29.4 Å². The second-order valence-corrected chi connectivity index (χ2v) is 10.9. The first-order valence-electron chi connectivity index (χ1n) is 11.7. The first kappa shape index (κ1) is 23.9. The van der Waals surface area contributed by atoms with Crippen molar-refractivity contribution in [2.45, 2.75) is 43.9 Å². The fourth-order valence-electron chi connectivity index (χ4n) is 4.58. The highest BCUT2D eigenvalue weighted by atomic mass is 32.2. The van der Waals surface area contributed by atoms with E-state index in [2.05, 4.69) is 29.3 Å². The van der Waals surface area contributed by atoms with Crippen LogP contribution in [0.15, 0.2) is 59.5 Å². The second-order valence-electron chi connectivity index (χ2n) is 8.97. The minimum atomic E-state index is -3.58. The molecule has 2 saturated heterocycles. The molecular formula is C25H33N3O4S. The van der Waals surface area contributed by atoms with Gasteiger partial charge in [0.15, 0.2) is 0 Å². The smallest absolute Gasteiger partial charge is 0.243 e. The van der Waals surface area contributed by atoms with Crippen LogP contribution in [-0.2, 0) is 32.6 Å². The van der Waals surface area contributed by atoms with E-state index in [0.29, 0.717) is 25.9 Å². The van der Waals surface area contributed by atoms with Crippen molar-refractivity contribution in [2.75, 3.05) is 32.8 Å². The van der Waals surface area contributed by atoms with Crippen molar-refractivity contribution in [3.8, 4) is 0 Å². The molecule has 2 heterocycles. The van der Waals surface area contributed by atoms with E-state index >= 15 is 0 Å². The number of benzene rings is 2. The van der Waals surface area contributed by atoms with Crippen molar-refractivity contribution in [2.24, 2.45) is 5.92 Å². The topological polar surface area (TPSA) is 79.0 Å². The number of sulfonamides is 1. The average molecular weight is 472 g/mol. The maximum absolute atomic E-state index is 12.9. The Balaban J connectivity index is 1.32. The summed E-state index contributed by atoms with van der Waals surface area (Å²) in [5.74, 6) is -0.425. The van der Waals surface area contributed by atoms with Crippen molar-refractivity contribution >= 4 is 15.9 Å². The highest BCUT2D eigenvalue weighted by molar-refractivity contribution is 7.89. The number of carbonyl (C=O) groups excluding carboxylic acids is 1. The Kier molecular flexibility index (Phi) is 7.80. The van der Waals surface area contributed by atoms with Gasteiger partial charge in [-0.1, -0.05) is 42.5 Å². The van der Waals surface area contributed by atoms with E-state index < -0.39 is 10.0 Å². The maximum Gasteiger partial charge on any atom is 0.243 e. The summed E-state index contributed by atoms with van der Waals surface area (Å²) in [5, 5.41) is 3.02. The molecule has 1 amide bonds. The van der Waals surface area contributed by atoms with Crippen LogP contribution in [0.2, 0.25) is 0 Å². The summed E-state index contributed by atoms with van der Waals surface area (Å²) in [4.78, 5) is 15.5. The Bertz CT molecular complexity index is 1040. The monoisotopic (exact) mass is 471 g/mol. The van der Waals surface area contributed by atoms with Crippen molar-refractivity contribution < 1.29 is 17.9 Å². The Morgan fingerprint density at radius 2 is 1.85 bits per heavy atom. The van der Waals surface area contributed by atoms with Gasteiger partial charge in [-0.25, -0.2) is 8.42 Å². The standard InChI is InChI=1S/C25H33N3O4S/c1-20-17-27(13-14-32-20)18-22-8-5-7-21(15-22)16-26-25(29)23-9-6-12-28(19-23)33(30,31)24-10-3-2-4-11-24/h2-5,7-8,10-11,15,20,23H,6,9,12-14,16-19H2,1H3,(H,26,29). The lowest BCUT2D eigenvalue weighted by Gasteiger charge is -2.31. The van der Waals surface area contributed by atoms with Crippen molar-refractivity contribution in [1.29, 1.82) is 0 Å². The van der Waals surface area contributed by atoms with E-state index in [1.54, 1.807) is 30.3 Å². The third kappa shape index (κ3) is 6.20. The SMILES string of the molecule is CC1CN(Cc2cccc(CNC(=O)C3CCCN(S(=O)(=O)c4ccccc4)C3)c2)CCO1. The Morgan fingerprint density at radius 3 is 2.64 bits per heavy atom. The van der Waals surface area contributed by atoms with Gasteiger partial charge in [0.05, 0.1) is 23.5 Å². The molecule has 2 aliphatic heterocycles. The van der Waals surface area contributed by atoms with E-state index in [4.69, 9.17) is 4.74 Å². The van der Waals surface area contributed by atoms with Crippen LogP contribution in [0.1, 0.15) is 30.9 Å². The molecule has 0 bridgehead atoms. The van der Waals surface area contributed by atoms with Crippen LogP contribution in [0.5, 0.6) is 0 Å². The van der Waals surface area contributed by atoms with Gasteiger partial charge >= 0.3 is 0 Å². The van der Waals surface area contributed by atoms with Gasteiger partial charge in [-0.15, -0.1) is 0 Å². The summed E-state index contributed by atoms with van der Waals surface area (Å²) < 4.78 is 32.9. The van der Waals surface area contributed by atoms with Gasteiger partial charge in [0, 0.05) is 39.3 Å². The number of nitrogens with one attached hydrogen (secondary N) is 1. The second kappa shape index (κ2) is 10.8. The Labute approximate surface area is 196 Å². The molecule has 0 aliphatic carbocycles. The molecule has 8 heteroatoms. The molecular weight excluding hydrogens is 438 g/mol. The number of nitrogens with zero attached hydrogens (tertiary/aromatic N) is 2. The van der Waals surface area contributed by atoms with Crippen LogP contribution < -0.4 is 5.32 Å². The normalized spacial score (nSPS) is 22.7. The first-order valence-corrected chi connectivity index (χ1v) is 13.1. The highest BCUT2D eigenvalue weighted by Crippen LogP contribution is 2.24. The van der Waals surface area contributed by atoms with Gasteiger partial charge in [-0.05, 0) is 43.0 Å². The molecule has 2 fully saturated rings. The van der Waals surface area contributed by atoms with Crippen LogP contribution >= 0.6 is 0 Å².